The average Bonchev–Trinajstić information content (AvgIpc) is 1.81. The highest BCUT2D eigenvalue weighted by Gasteiger charge is 2.01. The Hall–Kier alpha value is -0.390. The van der Waals surface area contributed by atoms with E-state index >= 15 is 0 Å². The number of aromatic nitrogens is 2. The van der Waals surface area contributed by atoms with Gasteiger partial charge in [-0.2, -0.15) is 0 Å². The summed E-state index contributed by atoms with van der Waals surface area (Å²) in [5, 5.41) is 0.281. The number of thiol groups is 1. The maximum Gasteiger partial charge on any atom is 0.147 e. The summed E-state index contributed by atoms with van der Waals surface area (Å²) < 4.78 is 20.5. The first-order valence-corrected chi connectivity index (χ1v) is 5.00. The molecule has 1 rings (SSSR count). The van der Waals surface area contributed by atoms with E-state index in [1.165, 1.54) is 6.07 Å². The van der Waals surface area contributed by atoms with E-state index in [1.54, 1.807) is 0 Å². The molecular weight excluding hydrogens is 223 g/mol. The molecule has 1 aromatic heterocycles. The van der Waals surface area contributed by atoms with Crippen molar-refractivity contribution in [1.29, 1.82) is 0 Å². The van der Waals surface area contributed by atoms with Gasteiger partial charge in [-0.3, -0.25) is 0 Å². The Morgan fingerprint density at radius 3 is 2.17 bits per heavy atom. The molecule has 1 heterocycles. The van der Waals surface area contributed by atoms with Gasteiger partial charge in [0, 0.05) is 6.07 Å². The number of hydrogen-bond donors (Lipinski definition) is 1. The maximum absolute atomic E-state index is 10.3. The molecule has 0 radical (unpaired) electrons. The van der Waals surface area contributed by atoms with Crippen LogP contribution in [0.1, 0.15) is 5.82 Å². The van der Waals surface area contributed by atoms with Crippen LogP contribution < -0.4 is 0 Å². The van der Waals surface area contributed by atoms with E-state index in [9.17, 15) is 8.42 Å². The highest BCUT2D eigenvalue weighted by Crippen LogP contribution is 2.11. The third-order valence-electron chi connectivity index (χ3n) is 0.980. The van der Waals surface area contributed by atoms with Crippen LogP contribution in [-0.2, 0) is 16.5 Å². The van der Waals surface area contributed by atoms with Gasteiger partial charge in [0.2, 0.25) is 0 Å². The van der Waals surface area contributed by atoms with Gasteiger partial charge in [0.25, 0.3) is 0 Å². The van der Waals surface area contributed by atoms with Crippen molar-refractivity contribution < 1.29 is 8.42 Å². The molecule has 0 amide bonds. The van der Waals surface area contributed by atoms with E-state index in [0.29, 0.717) is 0 Å². The molecule has 0 aliphatic heterocycles. The first kappa shape index (κ1) is 9.70. The SMILES string of the molecule is O=[SH](=O)Cc1nc(Cl)cc(Cl)n1. The molecule has 0 N–H and O–H groups in total. The number of hydrogen-bond acceptors (Lipinski definition) is 4. The molecule has 7 heteroatoms. The molecule has 0 aliphatic carbocycles. The first-order chi connectivity index (χ1) is 5.58. The third kappa shape index (κ3) is 2.92. The minimum absolute atomic E-state index is 0.114. The van der Waals surface area contributed by atoms with Gasteiger partial charge in [0.15, 0.2) is 0 Å². The van der Waals surface area contributed by atoms with Gasteiger partial charge in [-0.05, 0) is 0 Å². The minimum Gasteiger partial charge on any atom is -0.231 e. The van der Waals surface area contributed by atoms with Crippen LogP contribution in [0, 0.1) is 0 Å². The van der Waals surface area contributed by atoms with E-state index in [1.807, 2.05) is 0 Å². The van der Waals surface area contributed by atoms with Gasteiger partial charge in [-0.1, -0.05) is 23.2 Å². The minimum atomic E-state index is -2.54. The normalized spacial score (nSPS) is 10.6. The van der Waals surface area contributed by atoms with Crippen molar-refractivity contribution in [2.75, 3.05) is 0 Å². The fraction of sp³-hybridized carbons (Fsp3) is 0.200. The lowest BCUT2D eigenvalue weighted by molar-refractivity contribution is 0.612. The highest BCUT2D eigenvalue weighted by atomic mass is 35.5. The first-order valence-electron chi connectivity index (χ1n) is 2.88. The zero-order chi connectivity index (χ0) is 9.14. The summed E-state index contributed by atoms with van der Waals surface area (Å²) in [5.74, 6) is -0.126. The lowest BCUT2D eigenvalue weighted by atomic mass is 10.6. The van der Waals surface area contributed by atoms with Crippen LogP contribution in [0.15, 0.2) is 6.07 Å². The van der Waals surface area contributed by atoms with Crippen LogP contribution in [-0.4, -0.2) is 18.4 Å². The van der Waals surface area contributed by atoms with Crippen molar-refractivity contribution in [3.05, 3.63) is 22.2 Å². The van der Waals surface area contributed by atoms with E-state index in [4.69, 9.17) is 23.2 Å². The Labute approximate surface area is 80.5 Å². The molecule has 0 saturated carbocycles. The van der Waals surface area contributed by atoms with Gasteiger partial charge >= 0.3 is 0 Å². The topological polar surface area (TPSA) is 59.9 Å². The van der Waals surface area contributed by atoms with Crippen molar-refractivity contribution >= 4 is 33.9 Å². The van der Waals surface area contributed by atoms with Crippen molar-refractivity contribution in [2.24, 2.45) is 0 Å². The van der Waals surface area contributed by atoms with Gasteiger partial charge in [0.05, 0.1) is 0 Å². The molecule has 0 atom stereocenters. The number of halogens is 2. The largest absolute Gasteiger partial charge is 0.231 e. The summed E-state index contributed by atoms with van der Waals surface area (Å²) in [7, 11) is -2.54. The summed E-state index contributed by atoms with van der Waals surface area (Å²) in [4.78, 5) is 7.32. The molecule has 4 nitrogen and oxygen atoms in total. The standard InChI is InChI=1S/C5H4Cl2N2O2S/c6-3-1-4(7)9-5(8-3)2-12(10)11/h1,12H,2H2. The van der Waals surface area contributed by atoms with Crippen molar-refractivity contribution in [1.82, 2.24) is 9.97 Å². The molecule has 0 unspecified atom stereocenters. The van der Waals surface area contributed by atoms with E-state index in [2.05, 4.69) is 9.97 Å². The molecule has 1 aromatic rings. The molecule has 0 fully saturated rings. The molecule has 12 heavy (non-hydrogen) atoms. The Morgan fingerprint density at radius 1 is 1.25 bits per heavy atom. The lowest BCUT2D eigenvalue weighted by Crippen LogP contribution is -1.96. The fourth-order valence-corrected chi connectivity index (χ4v) is 1.45. The van der Waals surface area contributed by atoms with Gasteiger partial charge < -0.3 is 0 Å². The monoisotopic (exact) mass is 226 g/mol. The summed E-state index contributed by atoms with van der Waals surface area (Å²) in [6.45, 7) is 0. The van der Waals surface area contributed by atoms with Crippen LogP contribution in [0.2, 0.25) is 10.3 Å². The molecular formula is C5H4Cl2N2O2S. The van der Waals surface area contributed by atoms with E-state index in [-0.39, 0.29) is 21.9 Å². The smallest absolute Gasteiger partial charge is 0.147 e. The van der Waals surface area contributed by atoms with Crippen LogP contribution in [0.5, 0.6) is 0 Å². The van der Waals surface area contributed by atoms with Crippen LogP contribution in [0.25, 0.3) is 0 Å². The van der Waals surface area contributed by atoms with Crippen LogP contribution >= 0.6 is 23.2 Å². The number of rotatable bonds is 2. The summed E-state index contributed by atoms with van der Waals surface area (Å²) in [6.07, 6.45) is 0. The second-order valence-electron chi connectivity index (χ2n) is 1.92. The Kier molecular flexibility index (Phi) is 3.25. The summed E-state index contributed by atoms with van der Waals surface area (Å²) in [5.41, 5.74) is 0. The Morgan fingerprint density at radius 2 is 1.75 bits per heavy atom. The van der Waals surface area contributed by atoms with Gasteiger partial charge in [-0.15, -0.1) is 0 Å². The fourth-order valence-electron chi connectivity index (χ4n) is 0.621. The summed E-state index contributed by atoms with van der Waals surface area (Å²) in [6, 6.07) is 1.34. The number of nitrogens with zero attached hydrogens (tertiary/aromatic N) is 2. The predicted octanol–water partition coefficient (Wildman–Crippen LogP) is 0.895. The summed E-state index contributed by atoms with van der Waals surface area (Å²) >= 11 is 11.0. The Balaban J connectivity index is 3.00. The molecule has 0 saturated heterocycles. The van der Waals surface area contributed by atoms with Gasteiger partial charge in [-0.25, -0.2) is 18.4 Å². The van der Waals surface area contributed by atoms with Crippen molar-refractivity contribution in [3.63, 3.8) is 0 Å². The van der Waals surface area contributed by atoms with Crippen LogP contribution in [0.3, 0.4) is 0 Å². The zero-order valence-corrected chi connectivity index (χ0v) is 8.10. The molecule has 0 bridgehead atoms. The molecule has 0 aliphatic rings. The quantitative estimate of drug-likeness (QED) is 0.602. The van der Waals surface area contributed by atoms with Crippen molar-refractivity contribution in [3.8, 4) is 0 Å². The predicted molar refractivity (Wildman–Crippen MR) is 46.1 cm³/mol. The average molecular weight is 227 g/mol. The highest BCUT2D eigenvalue weighted by molar-refractivity contribution is 7.71. The molecule has 0 aromatic carbocycles. The zero-order valence-electron chi connectivity index (χ0n) is 5.70. The molecule has 66 valence electrons. The van der Waals surface area contributed by atoms with E-state index in [0.717, 1.165) is 0 Å². The van der Waals surface area contributed by atoms with Crippen molar-refractivity contribution in [2.45, 2.75) is 5.75 Å². The second kappa shape index (κ2) is 4.02. The van der Waals surface area contributed by atoms with E-state index < -0.39 is 10.7 Å². The maximum atomic E-state index is 10.3. The van der Waals surface area contributed by atoms with Gasteiger partial charge in [0.1, 0.15) is 32.6 Å². The Bertz CT molecular complexity index is 338. The third-order valence-corrected chi connectivity index (χ3v) is 1.91. The van der Waals surface area contributed by atoms with Crippen LogP contribution in [0.4, 0.5) is 0 Å². The second-order valence-corrected chi connectivity index (χ2v) is 3.68. The molecule has 0 spiro atoms. The lowest BCUT2D eigenvalue weighted by Gasteiger charge is -1.95.